The minimum absolute atomic E-state index is 0.228. The van der Waals surface area contributed by atoms with Gasteiger partial charge in [0.15, 0.2) is 29.7 Å². The smallest absolute Gasteiger partial charge is 0.186 e. The van der Waals surface area contributed by atoms with Gasteiger partial charge in [-0.05, 0) is 12.1 Å². The Kier molecular flexibility index (Phi) is 4.39. The molecule has 0 spiro atoms. The Labute approximate surface area is 150 Å². The molecule has 1 saturated heterocycles. The van der Waals surface area contributed by atoms with E-state index in [0.29, 0.717) is 23.2 Å². The Morgan fingerprint density at radius 3 is 2.92 bits per heavy atom. The standard InChI is InChI=1S/C18H20FN3O4/c1-10-20-17-13(25-12-7-5-4-6-11(12)21-17)8-22(10)18-15(19)16(24-3)14(26-18)9-23-2/h4-8,14-16,18H,1,9H2,2-3H3,(H,20,21)/t14-,15+,16?,18-/m1/s1. The number of alkyl halides is 1. The molecule has 0 radical (unpaired) electrons. The lowest BCUT2D eigenvalue weighted by molar-refractivity contribution is -0.0719. The summed E-state index contributed by atoms with van der Waals surface area (Å²) in [5, 5.41) is 3.19. The molecule has 4 rings (SSSR count). The van der Waals surface area contributed by atoms with Crippen molar-refractivity contribution in [2.75, 3.05) is 26.1 Å². The van der Waals surface area contributed by atoms with Gasteiger partial charge in [-0.25, -0.2) is 9.38 Å². The van der Waals surface area contributed by atoms with Gasteiger partial charge in [-0.2, -0.15) is 0 Å². The van der Waals surface area contributed by atoms with E-state index in [1.54, 1.807) is 6.20 Å². The summed E-state index contributed by atoms with van der Waals surface area (Å²) in [7, 11) is 2.99. The first-order chi connectivity index (χ1) is 12.6. The molecule has 0 aromatic heterocycles. The van der Waals surface area contributed by atoms with Crippen LogP contribution >= 0.6 is 0 Å². The first kappa shape index (κ1) is 17.0. The number of hydrogen-bond donors (Lipinski definition) is 1. The van der Waals surface area contributed by atoms with Gasteiger partial charge in [-0.3, -0.25) is 0 Å². The van der Waals surface area contributed by atoms with Crippen LogP contribution in [-0.2, 0) is 14.2 Å². The van der Waals surface area contributed by atoms with Gasteiger partial charge in [-0.15, -0.1) is 0 Å². The summed E-state index contributed by atoms with van der Waals surface area (Å²) in [5.41, 5.74) is 0.810. The number of nitrogens with one attached hydrogen (secondary N) is 1. The number of fused-ring (bicyclic) bond motifs is 2. The van der Waals surface area contributed by atoms with E-state index < -0.39 is 24.6 Å². The highest BCUT2D eigenvalue weighted by molar-refractivity contribution is 6.10. The van der Waals surface area contributed by atoms with Crippen molar-refractivity contribution in [1.29, 1.82) is 0 Å². The van der Waals surface area contributed by atoms with Crippen LogP contribution in [0.2, 0.25) is 0 Å². The molecule has 3 aliphatic heterocycles. The minimum atomic E-state index is -1.39. The molecule has 138 valence electrons. The Morgan fingerprint density at radius 1 is 1.35 bits per heavy atom. The lowest BCUT2D eigenvalue weighted by Gasteiger charge is -2.34. The van der Waals surface area contributed by atoms with Crippen molar-refractivity contribution in [2.24, 2.45) is 4.99 Å². The van der Waals surface area contributed by atoms with Crippen LogP contribution in [0.4, 0.5) is 10.1 Å². The Morgan fingerprint density at radius 2 is 2.15 bits per heavy atom. The van der Waals surface area contributed by atoms with Crippen LogP contribution in [0.25, 0.3) is 0 Å². The third-order valence-electron chi connectivity index (χ3n) is 4.53. The number of para-hydroxylation sites is 2. The monoisotopic (exact) mass is 361 g/mol. The Balaban J connectivity index is 1.61. The molecular formula is C18H20FN3O4. The second kappa shape index (κ2) is 6.71. The number of methoxy groups -OCH3 is 2. The number of aliphatic imine (C=N–C) groups is 1. The van der Waals surface area contributed by atoms with Crippen LogP contribution in [0.3, 0.4) is 0 Å². The van der Waals surface area contributed by atoms with Gasteiger partial charge in [0.1, 0.15) is 18.0 Å². The topological polar surface area (TPSA) is 64.6 Å². The van der Waals surface area contributed by atoms with Crippen molar-refractivity contribution in [3.63, 3.8) is 0 Å². The second-order valence-corrected chi connectivity index (χ2v) is 6.17. The molecule has 1 aromatic rings. The molecule has 1 fully saturated rings. The third-order valence-corrected chi connectivity index (χ3v) is 4.53. The summed E-state index contributed by atoms with van der Waals surface area (Å²) >= 11 is 0. The fourth-order valence-electron chi connectivity index (χ4n) is 3.29. The van der Waals surface area contributed by atoms with Crippen molar-refractivity contribution < 1.29 is 23.3 Å². The molecule has 1 unspecified atom stereocenters. The predicted molar refractivity (Wildman–Crippen MR) is 93.4 cm³/mol. The van der Waals surface area contributed by atoms with Crippen LogP contribution in [0.5, 0.6) is 5.75 Å². The maximum Gasteiger partial charge on any atom is 0.186 e. The molecule has 26 heavy (non-hydrogen) atoms. The van der Waals surface area contributed by atoms with Crippen LogP contribution in [-0.4, -0.2) is 56.2 Å². The van der Waals surface area contributed by atoms with Gasteiger partial charge in [-0.1, -0.05) is 18.7 Å². The molecule has 0 amide bonds. The fourth-order valence-corrected chi connectivity index (χ4v) is 3.29. The van der Waals surface area contributed by atoms with Crippen LogP contribution in [0, 0.1) is 0 Å². The summed E-state index contributed by atoms with van der Waals surface area (Å²) < 4.78 is 37.0. The van der Waals surface area contributed by atoms with E-state index in [9.17, 15) is 4.39 Å². The van der Waals surface area contributed by atoms with E-state index in [4.69, 9.17) is 18.9 Å². The van der Waals surface area contributed by atoms with Crippen molar-refractivity contribution in [3.05, 3.63) is 48.6 Å². The number of hydrogen-bond acceptors (Lipinski definition) is 7. The second-order valence-electron chi connectivity index (χ2n) is 6.17. The lowest BCUT2D eigenvalue weighted by Crippen LogP contribution is -2.42. The summed E-state index contributed by atoms with van der Waals surface area (Å²) in [6.45, 7) is 4.15. The maximum atomic E-state index is 14.9. The van der Waals surface area contributed by atoms with Crippen LogP contribution in [0.1, 0.15) is 0 Å². The molecular weight excluding hydrogens is 341 g/mol. The van der Waals surface area contributed by atoms with Gasteiger partial charge in [0.2, 0.25) is 0 Å². The van der Waals surface area contributed by atoms with Gasteiger partial charge in [0, 0.05) is 14.2 Å². The molecule has 3 aliphatic rings. The Bertz CT molecular complexity index is 781. The zero-order valence-corrected chi connectivity index (χ0v) is 14.5. The number of nitrogens with zero attached hydrogens (tertiary/aromatic N) is 2. The number of amidine groups is 1. The van der Waals surface area contributed by atoms with E-state index >= 15 is 0 Å². The van der Waals surface area contributed by atoms with E-state index in [2.05, 4.69) is 16.9 Å². The van der Waals surface area contributed by atoms with Crippen LogP contribution in [0.15, 0.2) is 53.6 Å². The molecule has 0 saturated carbocycles. The molecule has 0 aliphatic carbocycles. The van der Waals surface area contributed by atoms with Gasteiger partial charge < -0.3 is 29.2 Å². The zero-order chi connectivity index (χ0) is 18.3. The third kappa shape index (κ3) is 2.76. The summed E-state index contributed by atoms with van der Waals surface area (Å²) in [4.78, 5) is 5.94. The van der Waals surface area contributed by atoms with Gasteiger partial charge in [0.05, 0.1) is 18.5 Å². The van der Waals surface area contributed by atoms with Gasteiger partial charge >= 0.3 is 0 Å². The van der Waals surface area contributed by atoms with Crippen molar-refractivity contribution in [1.82, 2.24) is 4.90 Å². The number of halogens is 1. The first-order valence-electron chi connectivity index (χ1n) is 8.25. The maximum absolute atomic E-state index is 14.9. The minimum Gasteiger partial charge on any atom is -0.450 e. The quantitative estimate of drug-likeness (QED) is 0.887. The SMILES string of the molecule is C=C1N=C2Nc3ccccc3OC2=CN1[C@@H]1O[C@H](COC)C(OC)[C@@H]1F. The van der Waals surface area contributed by atoms with E-state index in [-0.39, 0.29) is 6.61 Å². The number of rotatable bonds is 4. The number of ether oxygens (including phenoxy) is 4. The molecule has 1 aromatic carbocycles. The summed E-state index contributed by atoms with van der Waals surface area (Å²) in [5.74, 6) is 2.01. The average Bonchev–Trinajstić information content (AvgIpc) is 2.95. The van der Waals surface area contributed by atoms with E-state index in [1.807, 2.05) is 24.3 Å². The highest BCUT2D eigenvalue weighted by Crippen LogP contribution is 2.36. The molecule has 7 nitrogen and oxygen atoms in total. The van der Waals surface area contributed by atoms with Crippen molar-refractivity contribution in [3.8, 4) is 5.75 Å². The van der Waals surface area contributed by atoms with Crippen molar-refractivity contribution >= 4 is 11.5 Å². The van der Waals surface area contributed by atoms with Gasteiger partial charge in [0.25, 0.3) is 0 Å². The molecule has 3 heterocycles. The largest absolute Gasteiger partial charge is 0.450 e. The van der Waals surface area contributed by atoms with E-state index in [1.165, 1.54) is 19.1 Å². The highest BCUT2D eigenvalue weighted by Gasteiger charge is 2.49. The molecule has 1 N–H and O–H groups in total. The number of benzene rings is 1. The molecule has 8 heteroatoms. The zero-order valence-electron chi connectivity index (χ0n) is 14.5. The number of anilines is 1. The normalized spacial score (nSPS) is 30.0. The molecule has 0 bridgehead atoms. The molecule has 4 atom stereocenters. The Hall–Kier alpha value is -2.42. The average molecular weight is 361 g/mol. The van der Waals surface area contributed by atoms with Crippen molar-refractivity contribution in [2.45, 2.75) is 24.6 Å². The van der Waals surface area contributed by atoms with Crippen LogP contribution < -0.4 is 10.1 Å². The first-order valence-corrected chi connectivity index (χ1v) is 8.25. The summed E-state index contributed by atoms with van der Waals surface area (Å²) in [6, 6.07) is 7.50. The lowest BCUT2D eigenvalue weighted by atomic mass is 10.1. The predicted octanol–water partition coefficient (Wildman–Crippen LogP) is 2.24. The fraction of sp³-hybridized carbons (Fsp3) is 0.389. The summed E-state index contributed by atoms with van der Waals surface area (Å²) in [6.07, 6.45) is -1.93. The van der Waals surface area contributed by atoms with E-state index in [0.717, 1.165) is 5.69 Å². The highest BCUT2D eigenvalue weighted by atomic mass is 19.1.